The minimum absolute atomic E-state index is 0.221. The molecule has 0 radical (unpaired) electrons. The number of methoxy groups -OCH3 is 2. The Bertz CT molecular complexity index is 1950. The first-order chi connectivity index (χ1) is 19.5. The Kier molecular flexibility index (Phi) is 6.71. The Morgan fingerprint density at radius 2 is 1.62 bits per heavy atom. The second kappa shape index (κ2) is 10.6. The van der Waals surface area contributed by atoms with E-state index in [2.05, 4.69) is 10.1 Å². The Hall–Kier alpha value is -5.02. The van der Waals surface area contributed by atoms with Crippen molar-refractivity contribution in [2.24, 2.45) is 0 Å². The van der Waals surface area contributed by atoms with E-state index in [1.54, 1.807) is 20.3 Å². The van der Waals surface area contributed by atoms with Crippen molar-refractivity contribution < 1.29 is 9.47 Å². The minimum atomic E-state index is -0.221. The van der Waals surface area contributed by atoms with Crippen LogP contribution in [0.3, 0.4) is 0 Å². The van der Waals surface area contributed by atoms with Crippen molar-refractivity contribution in [3.05, 3.63) is 116 Å². The quantitative estimate of drug-likeness (QED) is 0.278. The molecule has 0 saturated carbocycles. The Labute approximate surface area is 234 Å². The van der Waals surface area contributed by atoms with E-state index >= 15 is 0 Å². The number of benzene rings is 3. The summed E-state index contributed by atoms with van der Waals surface area (Å²) >= 11 is 1.30. The van der Waals surface area contributed by atoms with E-state index in [1.165, 1.54) is 15.9 Å². The van der Waals surface area contributed by atoms with Gasteiger partial charge in [0.05, 0.1) is 24.4 Å². The number of hydrogen-bond donors (Lipinski definition) is 0. The zero-order chi connectivity index (χ0) is 27.6. The van der Waals surface area contributed by atoms with Crippen LogP contribution in [0.1, 0.15) is 22.5 Å². The van der Waals surface area contributed by atoms with Crippen molar-refractivity contribution in [1.82, 2.24) is 24.4 Å². The zero-order valence-electron chi connectivity index (χ0n) is 22.1. The molecule has 6 aromatic rings. The number of para-hydroxylation sites is 1. The van der Waals surface area contributed by atoms with Gasteiger partial charge in [0.25, 0.3) is 5.56 Å². The number of aryl methyl sites for hydroxylation is 1. The molecule has 0 unspecified atom stereocenters. The van der Waals surface area contributed by atoms with E-state index in [-0.39, 0.29) is 5.56 Å². The van der Waals surface area contributed by atoms with Crippen molar-refractivity contribution in [3.8, 4) is 28.4 Å². The molecule has 3 aromatic carbocycles. The summed E-state index contributed by atoms with van der Waals surface area (Å²) in [6.07, 6.45) is 7.49. The summed E-state index contributed by atoms with van der Waals surface area (Å²) in [6.45, 7) is 2.02. The first kappa shape index (κ1) is 25.3. The van der Waals surface area contributed by atoms with Crippen molar-refractivity contribution >= 4 is 34.5 Å². The molecule has 0 fully saturated rings. The van der Waals surface area contributed by atoms with Crippen LogP contribution in [0.15, 0.2) is 83.8 Å². The lowest BCUT2D eigenvalue weighted by atomic mass is 10.0. The summed E-state index contributed by atoms with van der Waals surface area (Å²) in [5.74, 6) is 2.04. The number of rotatable bonds is 7. The van der Waals surface area contributed by atoms with Crippen molar-refractivity contribution in [1.29, 1.82) is 0 Å². The summed E-state index contributed by atoms with van der Waals surface area (Å²) in [5, 5.41) is 9.33. The Balaban J connectivity index is 1.40. The lowest BCUT2D eigenvalue weighted by Crippen LogP contribution is -2.23. The highest BCUT2D eigenvalue weighted by atomic mass is 32.1. The molecule has 6 rings (SSSR count). The van der Waals surface area contributed by atoms with Gasteiger partial charge in [0.2, 0.25) is 4.96 Å². The largest absolute Gasteiger partial charge is 0.497 e. The average Bonchev–Trinajstić information content (AvgIpc) is 3.67. The predicted octanol–water partition coefficient (Wildman–Crippen LogP) is 5.05. The minimum Gasteiger partial charge on any atom is -0.497 e. The number of hydrogen-bond acceptors (Lipinski definition) is 7. The highest BCUT2D eigenvalue weighted by Crippen LogP contribution is 2.30. The molecule has 40 heavy (non-hydrogen) atoms. The molecule has 9 heteroatoms. The van der Waals surface area contributed by atoms with Crippen molar-refractivity contribution in [2.75, 3.05) is 14.2 Å². The van der Waals surface area contributed by atoms with E-state index in [9.17, 15) is 4.79 Å². The normalized spacial score (nSPS) is 12.0. The van der Waals surface area contributed by atoms with Gasteiger partial charge in [0.1, 0.15) is 17.2 Å². The van der Waals surface area contributed by atoms with Crippen LogP contribution in [0.25, 0.3) is 40.1 Å². The Morgan fingerprint density at radius 3 is 2.33 bits per heavy atom. The van der Waals surface area contributed by atoms with Gasteiger partial charge in [-0.1, -0.05) is 47.7 Å². The van der Waals surface area contributed by atoms with Gasteiger partial charge in [-0.05, 0) is 72.7 Å². The smallest absolute Gasteiger partial charge is 0.291 e. The lowest BCUT2D eigenvalue weighted by Gasteiger charge is -2.07. The van der Waals surface area contributed by atoms with E-state index < -0.39 is 0 Å². The number of thiazole rings is 1. The first-order valence-electron chi connectivity index (χ1n) is 12.6. The molecule has 198 valence electrons. The van der Waals surface area contributed by atoms with Crippen molar-refractivity contribution in [2.45, 2.75) is 6.92 Å². The van der Waals surface area contributed by atoms with Gasteiger partial charge >= 0.3 is 0 Å². The fourth-order valence-electron chi connectivity index (χ4n) is 4.39. The third kappa shape index (κ3) is 4.90. The maximum Gasteiger partial charge on any atom is 0.291 e. The highest BCUT2D eigenvalue weighted by molar-refractivity contribution is 7.15. The van der Waals surface area contributed by atoms with Crippen molar-refractivity contribution in [3.63, 3.8) is 0 Å². The number of aromatic nitrogens is 5. The molecule has 0 bridgehead atoms. The van der Waals surface area contributed by atoms with Crippen LogP contribution in [0.5, 0.6) is 11.5 Å². The summed E-state index contributed by atoms with van der Waals surface area (Å²) in [4.78, 5) is 18.4. The molecule has 0 amide bonds. The maximum absolute atomic E-state index is 13.3. The molecule has 3 heterocycles. The van der Waals surface area contributed by atoms with E-state index in [0.717, 1.165) is 45.1 Å². The van der Waals surface area contributed by atoms with Gasteiger partial charge < -0.3 is 9.47 Å². The second-order valence-corrected chi connectivity index (χ2v) is 10.1. The van der Waals surface area contributed by atoms with Crippen LogP contribution in [0, 0.1) is 6.92 Å². The standard InChI is InChI=1S/C31H25N5O3S/c1-20-17-25(39-3)14-15-26(20)29-22(19-35(34-29)23-7-5-4-6-8-23)18-27-30(37)36-31(40-27)32-28(33-36)16-11-21-9-12-24(38-2)13-10-21/h4-19H,1-3H3/b16-11+,27-18-. The molecule has 0 saturated heterocycles. The topological polar surface area (TPSA) is 83.5 Å². The average molecular weight is 548 g/mol. The Morgan fingerprint density at radius 1 is 0.875 bits per heavy atom. The summed E-state index contributed by atoms with van der Waals surface area (Å²) < 4.78 is 14.3. The van der Waals surface area contributed by atoms with Gasteiger partial charge in [-0.15, -0.1) is 5.10 Å². The molecule has 0 aliphatic heterocycles. The van der Waals surface area contributed by atoms with Crippen LogP contribution < -0.4 is 19.6 Å². The SMILES string of the molecule is COc1ccc(/C=C/c2nc3s/c(=C\c4cn(-c5ccccc5)nc4-c4ccc(OC)cc4C)c(=O)n3n2)cc1. The molecule has 0 aliphatic rings. The molecule has 0 spiro atoms. The molecule has 3 aromatic heterocycles. The fourth-order valence-corrected chi connectivity index (χ4v) is 5.30. The van der Waals surface area contributed by atoms with Crippen LogP contribution in [-0.2, 0) is 0 Å². The third-order valence-corrected chi connectivity index (χ3v) is 7.44. The summed E-state index contributed by atoms with van der Waals surface area (Å²) in [7, 11) is 3.28. The van der Waals surface area contributed by atoms with Crippen LogP contribution >= 0.6 is 11.3 Å². The molecule has 0 atom stereocenters. The highest BCUT2D eigenvalue weighted by Gasteiger charge is 2.15. The van der Waals surface area contributed by atoms with Gasteiger partial charge in [-0.2, -0.15) is 14.6 Å². The van der Waals surface area contributed by atoms with Gasteiger partial charge in [-0.25, -0.2) is 4.68 Å². The van der Waals surface area contributed by atoms with Gasteiger partial charge in [-0.3, -0.25) is 4.79 Å². The van der Waals surface area contributed by atoms with Crippen LogP contribution in [0.4, 0.5) is 0 Å². The first-order valence-corrected chi connectivity index (χ1v) is 13.4. The summed E-state index contributed by atoms with van der Waals surface area (Å²) in [6, 6.07) is 23.4. The van der Waals surface area contributed by atoms with Gasteiger partial charge in [0.15, 0.2) is 5.82 Å². The predicted molar refractivity (Wildman–Crippen MR) is 158 cm³/mol. The fraction of sp³-hybridized carbons (Fsp3) is 0.0968. The monoisotopic (exact) mass is 547 g/mol. The van der Waals surface area contributed by atoms with Gasteiger partial charge in [0, 0.05) is 17.3 Å². The number of ether oxygens (including phenoxy) is 2. The molecule has 0 N–H and O–H groups in total. The van der Waals surface area contributed by atoms with Crippen LogP contribution in [0.2, 0.25) is 0 Å². The lowest BCUT2D eigenvalue weighted by molar-refractivity contribution is 0.414. The van der Waals surface area contributed by atoms with E-state index in [4.69, 9.17) is 14.6 Å². The zero-order valence-corrected chi connectivity index (χ0v) is 22.9. The molecule has 8 nitrogen and oxygen atoms in total. The summed E-state index contributed by atoms with van der Waals surface area (Å²) in [5.41, 5.74) is 5.25. The van der Waals surface area contributed by atoms with Crippen LogP contribution in [-0.4, -0.2) is 38.6 Å². The number of nitrogens with zero attached hydrogens (tertiary/aromatic N) is 5. The molecule has 0 aliphatic carbocycles. The van der Waals surface area contributed by atoms with E-state index in [1.807, 2.05) is 103 Å². The second-order valence-electron chi connectivity index (χ2n) is 9.08. The number of fused-ring (bicyclic) bond motifs is 1. The molecular weight excluding hydrogens is 522 g/mol. The third-order valence-electron chi connectivity index (χ3n) is 6.48. The maximum atomic E-state index is 13.3. The molecular formula is C31H25N5O3S. The van der Waals surface area contributed by atoms with E-state index in [0.29, 0.717) is 15.3 Å².